The van der Waals surface area contributed by atoms with E-state index in [-0.39, 0.29) is 42.7 Å². The Hall–Kier alpha value is -2.74. The van der Waals surface area contributed by atoms with E-state index in [9.17, 15) is 22.8 Å². The van der Waals surface area contributed by atoms with E-state index < -0.39 is 23.6 Å². The van der Waals surface area contributed by atoms with Crippen molar-refractivity contribution in [3.63, 3.8) is 0 Å². The molecule has 0 aliphatic carbocycles. The maximum Gasteiger partial charge on any atom is 0.416 e. The molecule has 1 aliphatic heterocycles. The zero-order valence-corrected chi connectivity index (χ0v) is 19.5. The van der Waals surface area contributed by atoms with E-state index in [1.54, 1.807) is 6.07 Å². The van der Waals surface area contributed by atoms with Crippen LogP contribution in [-0.4, -0.2) is 36.2 Å². The number of fused-ring (bicyclic) bond motifs is 1. The van der Waals surface area contributed by atoms with Gasteiger partial charge in [0.25, 0.3) is 5.91 Å². The topological polar surface area (TPSA) is 49.9 Å². The van der Waals surface area contributed by atoms with Gasteiger partial charge in [-0.3, -0.25) is 9.59 Å². The van der Waals surface area contributed by atoms with Gasteiger partial charge in [-0.1, -0.05) is 19.9 Å². The average Bonchev–Trinajstić information content (AvgIpc) is 3.20. The quantitative estimate of drug-likeness (QED) is 0.490. The van der Waals surface area contributed by atoms with Crippen LogP contribution < -0.4 is 9.64 Å². The zero-order chi connectivity index (χ0) is 24.3. The normalized spacial score (nSPS) is 13.3. The van der Waals surface area contributed by atoms with E-state index in [0.29, 0.717) is 12.2 Å². The first-order valence-corrected chi connectivity index (χ1v) is 11.1. The number of anilines is 1. The van der Waals surface area contributed by atoms with E-state index in [1.807, 2.05) is 26.0 Å². The van der Waals surface area contributed by atoms with Crippen molar-refractivity contribution in [2.45, 2.75) is 39.5 Å². The Bertz CT molecular complexity index is 1040. The molecule has 0 spiro atoms. The lowest BCUT2D eigenvalue weighted by molar-refractivity contribution is -0.137. The molecular weight excluding hydrogens is 457 g/mol. The summed E-state index contributed by atoms with van der Waals surface area (Å²) in [5, 5.41) is 0. The van der Waals surface area contributed by atoms with E-state index in [2.05, 4.69) is 0 Å². The van der Waals surface area contributed by atoms with Crippen LogP contribution in [0, 0.1) is 5.92 Å². The fraction of sp³-hybridized carbons (Fsp3) is 0.417. The van der Waals surface area contributed by atoms with Gasteiger partial charge in [0.05, 0.1) is 12.7 Å². The van der Waals surface area contributed by atoms with Crippen molar-refractivity contribution in [1.82, 2.24) is 4.90 Å². The molecule has 0 aromatic heterocycles. The largest absolute Gasteiger partial charge is 0.497 e. The number of halogens is 4. The molecule has 0 saturated carbocycles. The van der Waals surface area contributed by atoms with Crippen molar-refractivity contribution in [3.8, 4) is 5.75 Å². The van der Waals surface area contributed by atoms with Crippen molar-refractivity contribution >= 4 is 29.1 Å². The monoisotopic (exact) mass is 482 g/mol. The molecule has 2 amide bonds. The number of ether oxygens (including phenoxy) is 1. The molecule has 1 aliphatic rings. The van der Waals surface area contributed by atoms with Gasteiger partial charge in [0, 0.05) is 30.9 Å². The second-order valence-corrected chi connectivity index (χ2v) is 8.69. The Balaban J connectivity index is 1.97. The Morgan fingerprint density at radius 2 is 1.82 bits per heavy atom. The van der Waals surface area contributed by atoms with Crippen LogP contribution in [0.2, 0.25) is 0 Å². The number of carbonyl (C=O) groups is 2. The molecule has 0 bridgehead atoms. The van der Waals surface area contributed by atoms with Crippen molar-refractivity contribution < 1.29 is 27.5 Å². The predicted molar refractivity (Wildman–Crippen MR) is 121 cm³/mol. The van der Waals surface area contributed by atoms with E-state index >= 15 is 0 Å². The summed E-state index contributed by atoms with van der Waals surface area (Å²) in [5.41, 5.74) is 0.686. The second kappa shape index (κ2) is 10.0. The van der Waals surface area contributed by atoms with Crippen LogP contribution in [0.15, 0.2) is 36.4 Å². The molecule has 33 heavy (non-hydrogen) atoms. The minimum atomic E-state index is -4.68. The minimum absolute atomic E-state index is 0.0119. The van der Waals surface area contributed by atoms with E-state index in [4.69, 9.17) is 16.3 Å². The number of carbonyl (C=O) groups excluding carboxylic acids is 2. The first-order valence-electron chi connectivity index (χ1n) is 10.6. The first-order chi connectivity index (χ1) is 15.5. The Labute approximate surface area is 196 Å². The van der Waals surface area contributed by atoms with Crippen molar-refractivity contribution in [3.05, 3.63) is 58.7 Å². The number of nitrogens with zero attached hydrogens (tertiary/aromatic N) is 2. The number of rotatable bonds is 7. The van der Waals surface area contributed by atoms with Gasteiger partial charge in [0.15, 0.2) is 0 Å². The molecule has 0 fully saturated rings. The molecule has 0 unspecified atom stereocenters. The fourth-order valence-electron chi connectivity index (χ4n) is 3.74. The fourth-order valence-corrected chi connectivity index (χ4v) is 3.88. The molecule has 0 radical (unpaired) electrons. The van der Waals surface area contributed by atoms with Crippen LogP contribution >= 0.6 is 11.6 Å². The molecule has 5 nitrogen and oxygen atoms in total. The average molecular weight is 483 g/mol. The molecule has 1 heterocycles. The smallest absolute Gasteiger partial charge is 0.416 e. The summed E-state index contributed by atoms with van der Waals surface area (Å²) < 4.78 is 46.2. The molecule has 0 N–H and O–H groups in total. The second-order valence-electron chi connectivity index (χ2n) is 8.42. The lowest BCUT2D eigenvalue weighted by Gasteiger charge is -2.25. The van der Waals surface area contributed by atoms with E-state index in [0.717, 1.165) is 23.3 Å². The summed E-state index contributed by atoms with van der Waals surface area (Å²) >= 11 is 5.73. The van der Waals surface area contributed by atoms with Crippen molar-refractivity contribution in [2.24, 2.45) is 5.92 Å². The van der Waals surface area contributed by atoms with Gasteiger partial charge in [-0.25, -0.2) is 0 Å². The highest BCUT2D eigenvalue weighted by Gasteiger charge is 2.34. The van der Waals surface area contributed by atoms with Crippen LogP contribution in [0.1, 0.15) is 47.3 Å². The molecule has 0 saturated heterocycles. The van der Waals surface area contributed by atoms with Crippen LogP contribution in [0.3, 0.4) is 0 Å². The summed E-state index contributed by atoms with van der Waals surface area (Å²) in [5.74, 6) is -0.566. The number of methoxy groups -OCH3 is 1. The van der Waals surface area contributed by atoms with Crippen LogP contribution in [0.4, 0.5) is 18.9 Å². The summed E-state index contributed by atoms with van der Waals surface area (Å²) in [4.78, 5) is 28.4. The van der Waals surface area contributed by atoms with Gasteiger partial charge in [-0.05, 0) is 53.8 Å². The summed E-state index contributed by atoms with van der Waals surface area (Å²) in [6.45, 7) is 4.64. The molecule has 0 atom stereocenters. The highest BCUT2D eigenvalue weighted by molar-refractivity contribution is 6.29. The zero-order valence-electron chi connectivity index (χ0n) is 18.7. The minimum Gasteiger partial charge on any atom is -0.497 e. The third-order valence-corrected chi connectivity index (χ3v) is 5.80. The van der Waals surface area contributed by atoms with Gasteiger partial charge < -0.3 is 14.5 Å². The molecule has 3 rings (SSSR count). The van der Waals surface area contributed by atoms with Gasteiger partial charge in [-0.15, -0.1) is 11.6 Å². The number of benzene rings is 2. The van der Waals surface area contributed by atoms with Gasteiger partial charge in [0.1, 0.15) is 11.6 Å². The maximum absolute atomic E-state index is 13.7. The van der Waals surface area contributed by atoms with E-state index in [1.165, 1.54) is 23.0 Å². The number of alkyl halides is 4. The van der Waals surface area contributed by atoms with Crippen molar-refractivity contribution in [2.75, 3.05) is 24.4 Å². The standard InChI is InChI=1S/C24H26ClF3N2O3/c1-15(2)6-7-30(22(31)12-25)20-9-17(8-19(11-20)24(26,27)28)23(32)29-13-16-4-5-21(33-3)10-18(16)14-29/h4-5,8-11,15H,6-7,12-14H2,1-3H3. The SMILES string of the molecule is COc1ccc2c(c1)CN(C(=O)c1cc(N(CCC(C)C)C(=O)CCl)cc(C(F)(F)F)c1)C2. The first kappa shape index (κ1) is 24.9. The van der Waals surface area contributed by atoms with Crippen LogP contribution in [0.5, 0.6) is 5.75 Å². The number of amides is 2. The molecule has 2 aromatic rings. The third kappa shape index (κ3) is 5.79. The third-order valence-electron chi connectivity index (χ3n) is 5.57. The van der Waals surface area contributed by atoms with Crippen LogP contribution in [0.25, 0.3) is 0 Å². The molecule has 9 heteroatoms. The Morgan fingerprint density at radius 3 is 2.42 bits per heavy atom. The van der Waals surface area contributed by atoms with Gasteiger partial charge in [-0.2, -0.15) is 13.2 Å². The lowest BCUT2D eigenvalue weighted by Crippen LogP contribution is -2.34. The predicted octanol–water partition coefficient (Wildman–Crippen LogP) is 5.49. The molecule has 2 aromatic carbocycles. The lowest BCUT2D eigenvalue weighted by atomic mass is 10.1. The van der Waals surface area contributed by atoms with Gasteiger partial charge in [0.2, 0.25) is 5.91 Å². The van der Waals surface area contributed by atoms with Crippen molar-refractivity contribution in [1.29, 1.82) is 0 Å². The Morgan fingerprint density at radius 1 is 1.12 bits per heavy atom. The Kier molecular flexibility index (Phi) is 7.57. The number of hydrogen-bond donors (Lipinski definition) is 0. The summed E-state index contributed by atoms with van der Waals surface area (Å²) in [6, 6.07) is 8.50. The summed E-state index contributed by atoms with van der Waals surface area (Å²) in [7, 11) is 1.54. The number of hydrogen-bond acceptors (Lipinski definition) is 3. The maximum atomic E-state index is 13.7. The van der Waals surface area contributed by atoms with Crippen LogP contribution in [-0.2, 0) is 24.1 Å². The molecule has 178 valence electrons. The highest BCUT2D eigenvalue weighted by atomic mass is 35.5. The molecular formula is C24H26ClF3N2O3. The highest BCUT2D eigenvalue weighted by Crippen LogP contribution is 2.35. The summed E-state index contributed by atoms with van der Waals surface area (Å²) in [6.07, 6.45) is -4.11. The van der Waals surface area contributed by atoms with Gasteiger partial charge >= 0.3 is 6.18 Å².